The molecule has 9 nitrogen and oxygen atoms in total. The molecule has 0 unspecified atom stereocenters. The first kappa shape index (κ1) is 31.6. The molecule has 9 heteroatoms. The maximum absolute atomic E-state index is 13.6. The molecule has 1 aliphatic rings. The second-order valence-electron chi connectivity index (χ2n) is 11.9. The molecule has 222 valence electrons. The Morgan fingerprint density at radius 1 is 0.902 bits per heavy atom. The standard InChI is InChI=1S/C32H43N3O6/c1-22(2)19-26(30(38)41-32(3,4)5)34-28(36)25(20-23-13-8-6-9-14-23)33-29(37)27-17-12-18-35(27)31(39)40-21-24-15-10-7-11-16-24/h6-11,13-16,22,25-27H,12,17-21H2,1-5H3,(H,33,37)(H,34,36)/t25-,26+,27+/m1/s1. The van der Waals surface area contributed by atoms with E-state index in [2.05, 4.69) is 10.6 Å². The van der Waals surface area contributed by atoms with Crippen LogP contribution in [0, 0.1) is 5.92 Å². The van der Waals surface area contributed by atoms with Gasteiger partial charge in [0, 0.05) is 13.0 Å². The van der Waals surface area contributed by atoms with Gasteiger partial charge in [0.1, 0.15) is 30.3 Å². The lowest BCUT2D eigenvalue weighted by molar-refractivity contribution is -0.159. The fraction of sp³-hybridized carbons (Fsp3) is 0.500. The van der Waals surface area contributed by atoms with E-state index in [4.69, 9.17) is 9.47 Å². The van der Waals surface area contributed by atoms with Crippen molar-refractivity contribution in [2.24, 2.45) is 5.92 Å². The van der Waals surface area contributed by atoms with Crippen molar-refractivity contribution >= 4 is 23.9 Å². The van der Waals surface area contributed by atoms with Gasteiger partial charge in [0.05, 0.1) is 0 Å². The lowest BCUT2D eigenvalue weighted by Crippen LogP contribution is -2.56. The fourth-order valence-corrected chi connectivity index (χ4v) is 4.72. The van der Waals surface area contributed by atoms with Crippen LogP contribution in [0.3, 0.4) is 0 Å². The second kappa shape index (κ2) is 14.7. The van der Waals surface area contributed by atoms with Gasteiger partial charge in [0.15, 0.2) is 0 Å². The van der Waals surface area contributed by atoms with E-state index in [1.54, 1.807) is 20.8 Å². The van der Waals surface area contributed by atoms with Gasteiger partial charge in [-0.05, 0) is 57.1 Å². The summed E-state index contributed by atoms with van der Waals surface area (Å²) in [5, 5.41) is 5.69. The normalized spacial score (nSPS) is 16.5. The Balaban J connectivity index is 1.73. The molecule has 1 fully saturated rings. The summed E-state index contributed by atoms with van der Waals surface area (Å²) in [7, 11) is 0. The molecule has 1 saturated heterocycles. The molecule has 2 aromatic carbocycles. The first-order valence-electron chi connectivity index (χ1n) is 14.3. The maximum atomic E-state index is 13.6. The molecular formula is C32H43N3O6. The van der Waals surface area contributed by atoms with Gasteiger partial charge >= 0.3 is 12.1 Å². The summed E-state index contributed by atoms with van der Waals surface area (Å²) >= 11 is 0. The quantitative estimate of drug-likeness (QED) is 0.391. The number of carbonyl (C=O) groups is 4. The summed E-state index contributed by atoms with van der Waals surface area (Å²) in [5.41, 5.74) is 0.980. The van der Waals surface area contributed by atoms with Crippen LogP contribution in [-0.2, 0) is 36.9 Å². The van der Waals surface area contributed by atoms with Crippen LogP contribution in [0.15, 0.2) is 60.7 Å². The predicted molar refractivity (Wildman–Crippen MR) is 156 cm³/mol. The minimum Gasteiger partial charge on any atom is -0.458 e. The Labute approximate surface area is 243 Å². The van der Waals surface area contributed by atoms with Gasteiger partial charge in [0.25, 0.3) is 0 Å². The third kappa shape index (κ3) is 10.2. The zero-order valence-electron chi connectivity index (χ0n) is 24.7. The van der Waals surface area contributed by atoms with Crippen molar-refractivity contribution in [1.82, 2.24) is 15.5 Å². The zero-order chi connectivity index (χ0) is 30.0. The molecule has 0 bridgehead atoms. The highest BCUT2D eigenvalue weighted by molar-refractivity contribution is 5.93. The van der Waals surface area contributed by atoms with E-state index < -0.39 is 47.6 Å². The summed E-state index contributed by atoms with van der Waals surface area (Å²) in [6.07, 6.45) is 1.13. The second-order valence-corrected chi connectivity index (χ2v) is 11.9. The highest BCUT2D eigenvalue weighted by Crippen LogP contribution is 2.20. The molecule has 0 aromatic heterocycles. The molecule has 1 heterocycles. The maximum Gasteiger partial charge on any atom is 0.410 e. The molecule has 0 saturated carbocycles. The minimum absolute atomic E-state index is 0.103. The van der Waals surface area contributed by atoms with E-state index in [1.807, 2.05) is 74.5 Å². The van der Waals surface area contributed by atoms with Gasteiger partial charge in [-0.25, -0.2) is 9.59 Å². The van der Waals surface area contributed by atoms with Crippen molar-refractivity contribution < 1.29 is 28.7 Å². The summed E-state index contributed by atoms with van der Waals surface area (Å²) in [5.74, 6) is -1.33. The SMILES string of the molecule is CC(C)C[C@H](NC(=O)[C@@H](Cc1ccccc1)NC(=O)[C@@H]1CCCN1C(=O)OCc1ccccc1)C(=O)OC(C)(C)C. The van der Waals surface area contributed by atoms with Crippen LogP contribution in [0.2, 0.25) is 0 Å². The number of esters is 1. The smallest absolute Gasteiger partial charge is 0.410 e. The number of carbonyl (C=O) groups excluding carboxylic acids is 4. The van der Waals surface area contributed by atoms with Crippen molar-refractivity contribution in [1.29, 1.82) is 0 Å². The Hall–Kier alpha value is -3.88. The molecule has 0 aliphatic carbocycles. The summed E-state index contributed by atoms with van der Waals surface area (Å²) in [4.78, 5) is 54.3. The summed E-state index contributed by atoms with van der Waals surface area (Å²) < 4.78 is 11.0. The molecule has 2 N–H and O–H groups in total. The van der Waals surface area contributed by atoms with E-state index in [0.717, 1.165) is 11.1 Å². The Morgan fingerprint density at radius 2 is 1.51 bits per heavy atom. The van der Waals surface area contributed by atoms with Crippen LogP contribution in [0.25, 0.3) is 0 Å². The predicted octanol–water partition coefficient (Wildman–Crippen LogP) is 4.39. The van der Waals surface area contributed by atoms with Crippen LogP contribution >= 0.6 is 0 Å². The Bertz CT molecular complexity index is 1160. The first-order chi connectivity index (χ1) is 19.4. The molecule has 1 aliphatic heterocycles. The number of rotatable bonds is 11. The van der Waals surface area contributed by atoms with Gasteiger partial charge in [0.2, 0.25) is 11.8 Å². The van der Waals surface area contributed by atoms with E-state index in [-0.39, 0.29) is 18.9 Å². The van der Waals surface area contributed by atoms with Gasteiger partial charge in [-0.15, -0.1) is 0 Å². The van der Waals surface area contributed by atoms with Crippen molar-refractivity contribution in [3.05, 3.63) is 71.8 Å². The number of likely N-dealkylation sites (tertiary alicyclic amines) is 1. The summed E-state index contributed by atoms with van der Waals surface area (Å²) in [6, 6.07) is 16.1. The van der Waals surface area contributed by atoms with Crippen LogP contribution in [0.5, 0.6) is 0 Å². The van der Waals surface area contributed by atoms with Gasteiger partial charge in [-0.1, -0.05) is 74.5 Å². The van der Waals surface area contributed by atoms with Crippen molar-refractivity contribution in [3.8, 4) is 0 Å². The number of ether oxygens (including phenoxy) is 2. The third-order valence-electron chi connectivity index (χ3n) is 6.63. The van der Waals surface area contributed by atoms with Crippen molar-refractivity contribution in [2.75, 3.05) is 6.54 Å². The molecular weight excluding hydrogens is 522 g/mol. The van der Waals surface area contributed by atoms with Gasteiger partial charge < -0.3 is 20.1 Å². The van der Waals surface area contributed by atoms with E-state index in [0.29, 0.717) is 25.8 Å². The van der Waals surface area contributed by atoms with Crippen molar-refractivity contribution in [2.45, 2.75) is 90.6 Å². The molecule has 41 heavy (non-hydrogen) atoms. The van der Waals surface area contributed by atoms with Crippen molar-refractivity contribution in [3.63, 3.8) is 0 Å². The molecule has 0 spiro atoms. The zero-order valence-corrected chi connectivity index (χ0v) is 24.7. The largest absolute Gasteiger partial charge is 0.458 e. The summed E-state index contributed by atoms with van der Waals surface area (Å²) in [6.45, 7) is 9.72. The third-order valence-corrected chi connectivity index (χ3v) is 6.63. The van der Waals surface area contributed by atoms with Crippen LogP contribution < -0.4 is 10.6 Å². The number of hydrogen-bond acceptors (Lipinski definition) is 6. The Morgan fingerprint density at radius 3 is 2.10 bits per heavy atom. The van der Waals surface area contributed by atoms with E-state index in [9.17, 15) is 19.2 Å². The molecule has 3 atom stereocenters. The average molecular weight is 566 g/mol. The minimum atomic E-state index is -0.968. The van der Waals surface area contributed by atoms with Gasteiger partial charge in [-0.3, -0.25) is 14.5 Å². The first-order valence-corrected chi connectivity index (χ1v) is 14.3. The Kier molecular flexibility index (Phi) is 11.3. The number of nitrogens with one attached hydrogen (secondary N) is 2. The van der Waals surface area contributed by atoms with E-state index in [1.165, 1.54) is 4.90 Å². The fourth-order valence-electron chi connectivity index (χ4n) is 4.72. The lowest BCUT2D eigenvalue weighted by atomic mass is 10.0. The number of hydrogen-bond donors (Lipinski definition) is 2. The highest BCUT2D eigenvalue weighted by Gasteiger charge is 2.37. The van der Waals surface area contributed by atoms with Crippen LogP contribution in [-0.4, -0.2) is 59.0 Å². The highest BCUT2D eigenvalue weighted by atomic mass is 16.6. The van der Waals surface area contributed by atoms with Gasteiger partial charge in [-0.2, -0.15) is 0 Å². The van der Waals surface area contributed by atoms with Crippen LogP contribution in [0.1, 0.15) is 65.0 Å². The van der Waals surface area contributed by atoms with E-state index >= 15 is 0 Å². The molecule has 2 aromatic rings. The number of benzene rings is 2. The number of amides is 3. The number of nitrogens with zero attached hydrogens (tertiary/aromatic N) is 1. The molecule has 3 amide bonds. The average Bonchev–Trinajstić information content (AvgIpc) is 3.41. The lowest BCUT2D eigenvalue weighted by Gasteiger charge is -2.28. The van der Waals surface area contributed by atoms with Crippen LogP contribution in [0.4, 0.5) is 4.79 Å². The monoisotopic (exact) mass is 565 g/mol. The molecule has 3 rings (SSSR count). The molecule has 0 radical (unpaired) electrons. The topological polar surface area (TPSA) is 114 Å².